The number of methoxy groups -OCH3 is 1. The summed E-state index contributed by atoms with van der Waals surface area (Å²) in [6.07, 6.45) is 4.15. The maximum atomic E-state index is 13.3. The lowest BCUT2D eigenvalue weighted by Gasteiger charge is -2.26. The number of amides is 1. The molecule has 0 bridgehead atoms. The van der Waals surface area contributed by atoms with Crippen molar-refractivity contribution in [2.24, 2.45) is 0 Å². The van der Waals surface area contributed by atoms with Gasteiger partial charge in [-0.2, -0.15) is 0 Å². The third-order valence-corrected chi connectivity index (χ3v) is 6.38. The first-order valence-corrected chi connectivity index (χ1v) is 11.4. The van der Waals surface area contributed by atoms with Crippen molar-refractivity contribution in [3.8, 4) is 5.75 Å². The highest BCUT2D eigenvalue weighted by Gasteiger charge is 2.43. The van der Waals surface area contributed by atoms with Gasteiger partial charge in [0.2, 0.25) is 0 Å². The van der Waals surface area contributed by atoms with Gasteiger partial charge in [0.05, 0.1) is 18.4 Å². The summed E-state index contributed by atoms with van der Waals surface area (Å²) in [6.45, 7) is 0.302. The second kappa shape index (κ2) is 9.46. The Balaban J connectivity index is 1.45. The number of aliphatic hydroxyl groups excluding tert-OH is 1. The number of aromatic amines is 1. The summed E-state index contributed by atoms with van der Waals surface area (Å²) in [4.78, 5) is 35.7. The van der Waals surface area contributed by atoms with E-state index in [0.29, 0.717) is 18.7 Å². The first-order valence-electron chi connectivity index (χ1n) is 11.4. The minimum Gasteiger partial charge on any atom is -0.503 e. The Labute approximate surface area is 202 Å². The van der Waals surface area contributed by atoms with Crippen molar-refractivity contribution in [3.63, 3.8) is 0 Å². The number of hydrogen-bond donors (Lipinski definition) is 2. The summed E-state index contributed by atoms with van der Waals surface area (Å²) in [5.41, 5.74) is 3.43. The maximum absolute atomic E-state index is 13.3. The number of carbonyl (C=O) groups is 2. The molecule has 7 nitrogen and oxygen atoms in total. The van der Waals surface area contributed by atoms with Gasteiger partial charge in [-0.3, -0.25) is 14.6 Å². The molecule has 1 aliphatic heterocycles. The van der Waals surface area contributed by atoms with Gasteiger partial charge in [0.15, 0.2) is 11.5 Å². The third-order valence-electron chi connectivity index (χ3n) is 6.38. The van der Waals surface area contributed by atoms with E-state index in [0.717, 1.165) is 27.8 Å². The first kappa shape index (κ1) is 22.4. The summed E-state index contributed by atoms with van der Waals surface area (Å²) in [7, 11) is 1.62. The van der Waals surface area contributed by atoms with E-state index in [1.54, 1.807) is 25.4 Å². The Morgan fingerprint density at radius 2 is 1.91 bits per heavy atom. The van der Waals surface area contributed by atoms with Crippen molar-refractivity contribution in [2.75, 3.05) is 13.7 Å². The Kier molecular flexibility index (Phi) is 6.06. The zero-order valence-electron chi connectivity index (χ0n) is 19.3. The lowest BCUT2D eigenvalue weighted by atomic mass is 9.95. The van der Waals surface area contributed by atoms with Crippen LogP contribution in [0.4, 0.5) is 0 Å². The molecule has 2 aromatic heterocycles. The molecule has 176 valence electrons. The fourth-order valence-corrected chi connectivity index (χ4v) is 4.62. The van der Waals surface area contributed by atoms with Gasteiger partial charge in [0.25, 0.3) is 5.91 Å². The fourth-order valence-electron chi connectivity index (χ4n) is 4.62. The average molecular weight is 468 g/mol. The molecular weight excluding hydrogens is 442 g/mol. The number of aliphatic hydroxyl groups is 1. The van der Waals surface area contributed by atoms with Crippen LogP contribution < -0.4 is 4.74 Å². The van der Waals surface area contributed by atoms with Gasteiger partial charge in [-0.25, -0.2) is 0 Å². The summed E-state index contributed by atoms with van der Waals surface area (Å²) < 4.78 is 5.36. The number of ketones is 1. The molecule has 3 heterocycles. The molecule has 1 aliphatic rings. The smallest absolute Gasteiger partial charge is 0.290 e. The van der Waals surface area contributed by atoms with Crippen molar-refractivity contribution >= 4 is 22.6 Å². The molecule has 0 radical (unpaired) electrons. The largest absolute Gasteiger partial charge is 0.503 e. The van der Waals surface area contributed by atoms with Crippen LogP contribution >= 0.6 is 0 Å². The van der Waals surface area contributed by atoms with Crippen molar-refractivity contribution in [3.05, 3.63) is 107 Å². The maximum Gasteiger partial charge on any atom is 0.290 e. The number of ether oxygens (including phenoxy) is 1. The molecule has 0 fully saturated rings. The van der Waals surface area contributed by atoms with Gasteiger partial charge < -0.3 is 19.7 Å². The summed E-state index contributed by atoms with van der Waals surface area (Å²) in [5.74, 6) is -0.608. The molecule has 0 spiro atoms. The monoisotopic (exact) mass is 467 g/mol. The summed E-state index contributed by atoms with van der Waals surface area (Å²) in [6, 6.07) is 19.7. The quantitative estimate of drug-likeness (QED) is 0.402. The molecular formula is C28H25N3O4. The van der Waals surface area contributed by atoms with Crippen LogP contribution in [0.2, 0.25) is 0 Å². The van der Waals surface area contributed by atoms with Gasteiger partial charge >= 0.3 is 0 Å². The molecule has 4 aromatic rings. The molecule has 35 heavy (non-hydrogen) atoms. The van der Waals surface area contributed by atoms with Crippen LogP contribution in [0.25, 0.3) is 10.9 Å². The molecule has 2 aromatic carbocycles. The number of benzene rings is 2. The molecule has 1 amide bonds. The van der Waals surface area contributed by atoms with E-state index >= 15 is 0 Å². The van der Waals surface area contributed by atoms with Gasteiger partial charge in [0.1, 0.15) is 11.8 Å². The normalized spacial score (nSPS) is 15.7. The van der Waals surface area contributed by atoms with Crippen LogP contribution in [0.5, 0.6) is 5.75 Å². The van der Waals surface area contributed by atoms with E-state index in [2.05, 4.69) is 9.97 Å². The number of Topliss-reactive ketones (excluding diaryl/α,β-unsaturated/α-hetero) is 1. The fraction of sp³-hybridized carbons (Fsp3) is 0.179. The highest BCUT2D eigenvalue weighted by atomic mass is 16.5. The van der Waals surface area contributed by atoms with Gasteiger partial charge in [-0.05, 0) is 47.9 Å². The number of aromatic nitrogens is 2. The first-order chi connectivity index (χ1) is 17.1. The van der Waals surface area contributed by atoms with E-state index in [-0.39, 0.29) is 17.8 Å². The minimum atomic E-state index is -0.750. The van der Waals surface area contributed by atoms with Crippen LogP contribution in [-0.4, -0.2) is 45.3 Å². The van der Waals surface area contributed by atoms with E-state index in [1.165, 1.54) is 4.90 Å². The number of pyridine rings is 1. The Hall–Kier alpha value is -4.39. The molecule has 1 atom stereocenters. The molecule has 0 saturated carbocycles. The predicted molar refractivity (Wildman–Crippen MR) is 132 cm³/mol. The van der Waals surface area contributed by atoms with Crippen LogP contribution in [0.15, 0.2) is 90.5 Å². The van der Waals surface area contributed by atoms with E-state index in [9.17, 15) is 14.7 Å². The van der Waals surface area contributed by atoms with Gasteiger partial charge in [-0.15, -0.1) is 0 Å². The molecule has 0 aliphatic carbocycles. The van der Waals surface area contributed by atoms with Crippen molar-refractivity contribution in [1.29, 1.82) is 0 Å². The second-order valence-corrected chi connectivity index (χ2v) is 8.48. The molecule has 7 heteroatoms. The lowest BCUT2D eigenvalue weighted by Crippen LogP contribution is -2.33. The second-order valence-electron chi connectivity index (χ2n) is 8.48. The minimum absolute atomic E-state index is 0.0902. The highest BCUT2D eigenvalue weighted by molar-refractivity contribution is 6.09. The van der Waals surface area contributed by atoms with Gasteiger partial charge in [-0.1, -0.05) is 36.4 Å². The van der Waals surface area contributed by atoms with E-state index in [1.807, 2.05) is 60.8 Å². The van der Waals surface area contributed by atoms with Crippen molar-refractivity contribution < 1.29 is 19.4 Å². The molecule has 2 N–H and O–H groups in total. The third kappa shape index (κ3) is 4.28. The predicted octanol–water partition coefficient (Wildman–Crippen LogP) is 4.32. The topological polar surface area (TPSA) is 95.5 Å². The van der Waals surface area contributed by atoms with E-state index in [4.69, 9.17) is 4.74 Å². The standard InChI is InChI=1S/C28H25N3O4/c1-35-20-10-11-22-21(16-20)19(17-30-22)12-14-31-26(23-9-5-6-13-29-23)25(27(33)28(31)34)24(32)15-18-7-3-2-4-8-18/h2-11,13,16-17,26,30,33H,12,14-15H2,1H3/t26-/m0/s1. The van der Waals surface area contributed by atoms with Gasteiger partial charge in [0, 0.05) is 36.3 Å². The Bertz CT molecular complexity index is 1410. The zero-order chi connectivity index (χ0) is 24.4. The van der Waals surface area contributed by atoms with Crippen LogP contribution in [0, 0.1) is 0 Å². The van der Waals surface area contributed by atoms with Crippen LogP contribution in [0.1, 0.15) is 22.9 Å². The summed E-state index contributed by atoms with van der Waals surface area (Å²) >= 11 is 0. The Morgan fingerprint density at radius 3 is 2.66 bits per heavy atom. The summed E-state index contributed by atoms with van der Waals surface area (Å²) in [5, 5.41) is 11.8. The Morgan fingerprint density at radius 1 is 1.11 bits per heavy atom. The van der Waals surface area contributed by atoms with E-state index < -0.39 is 17.7 Å². The molecule has 5 rings (SSSR count). The van der Waals surface area contributed by atoms with Crippen molar-refractivity contribution in [2.45, 2.75) is 18.9 Å². The highest BCUT2D eigenvalue weighted by Crippen LogP contribution is 2.37. The number of nitrogens with zero attached hydrogens (tertiary/aromatic N) is 2. The number of hydrogen-bond acceptors (Lipinski definition) is 5. The number of fused-ring (bicyclic) bond motifs is 1. The van der Waals surface area contributed by atoms with Crippen LogP contribution in [-0.2, 0) is 22.4 Å². The average Bonchev–Trinajstić information content (AvgIpc) is 3.41. The molecule has 0 saturated heterocycles. The number of rotatable bonds is 8. The number of H-pyrrole nitrogens is 1. The lowest BCUT2D eigenvalue weighted by molar-refractivity contribution is -0.129. The SMILES string of the molecule is COc1ccc2[nH]cc(CCN3C(=O)C(O)=C(C(=O)Cc4ccccc4)[C@@H]3c3ccccn3)c2c1. The van der Waals surface area contributed by atoms with Crippen LogP contribution in [0.3, 0.4) is 0 Å². The van der Waals surface area contributed by atoms with Crippen molar-refractivity contribution in [1.82, 2.24) is 14.9 Å². The number of nitrogens with one attached hydrogen (secondary N) is 1. The zero-order valence-corrected chi connectivity index (χ0v) is 19.3. The molecule has 0 unspecified atom stereocenters. The number of carbonyl (C=O) groups excluding carboxylic acids is 2.